The summed E-state index contributed by atoms with van der Waals surface area (Å²) in [4.78, 5) is 27.0. The number of aliphatic hydroxyl groups excluding tert-OH is 2. The first-order valence-corrected chi connectivity index (χ1v) is 18.2. The molecule has 276 valence electrons. The number of benzene rings is 4. The van der Waals surface area contributed by atoms with Crippen LogP contribution in [0.4, 0.5) is 17.1 Å². The fraction of sp³-hybridized carbons (Fsp3) is 0.381. The molecule has 1 saturated heterocycles. The van der Waals surface area contributed by atoms with Gasteiger partial charge in [0.25, 0.3) is 0 Å². The van der Waals surface area contributed by atoms with E-state index in [1.165, 1.54) is 0 Å². The van der Waals surface area contributed by atoms with Gasteiger partial charge in [-0.05, 0) is 67.8 Å². The number of likely N-dealkylation sites (N-methyl/N-ethyl adjacent to an activating group) is 1. The molecule has 0 aromatic heterocycles. The number of carbonyl (C=O) groups is 2. The highest BCUT2D eigenvalue weighted by Crippen LogP contribution is 2.39. The summed E-state index contributed by atoms with van der Waals surface area (Å²) in [6.45, 7) is 2.57. The van der Waals surface area contributed by atoms with Gasteiger partial charge in [-0.15, -0.1) is 0 Å². The molecular formula is C42H52N4O6. The van der Waals surface area contributed by atoms with E-state index < -0.39 is 12.4 Å². The Kier molecular flexibility index (Phi) is 14.4. The van der Waals surface area contributed by atoms with Crippen molar-refractivity contribution >= 4 is 28.9 Å². The number of aliphatic hydroxyl groups is 2. The third-order valence-electron chi connectivity index (χ3n) is 9.66. The summed E-state index contributed by atoms with van der Waals surface area (Å²) in [5, 5.41) is 26.4. The maximum atomic E-state index is 12.7. The molecule has 5 atom stereocenters. The first-order valence-electron chi connectivity index (χ1n) is 18.2. The molecule has 0 unspecified atom stereocenters. The van der Waals surface area contributed by atoms with E-state index in [2.05, 4.69) is 15.5 Å². The topological polar surface area (TPSA) is 146 Å². The molecule has 1 fully saturated rings. The van der Waals surface area contributed by atoms with Gasteiger partial charge in [-0.25, -0.2) is 0 Å². The van der Waals surface area contributed by atoms with Gasteiger partial charge in [-0.2, -0.15) is 0 Å². The molecule has 6 N–H and O–H groups in total. The maximum absolute atomic E-state index is 12.7. The summed E-state index contributed by atoms with van der Waals surface area (Å²) in [7, 11) is 2.00. The number of nitrogen functional groups attached to an aromatic ring is 1. The fourth-order valence-corrected chi connectivity index (χ4v) is 6.39. The molecule has 1 aliphatic rings. The van der Waals surface area contributed by atoms with Crippen LogP contribution in [0.1, 0.15) is 92.6 Å². The van der Waals surface area contributed by atoms with Crippen molar-refractivity contribution in [3.05, 3.63) is 125 Å². The number of nitrogens with two attached hydrogens (primary N) is 1. The Hall–Kier alpha value is -4.58. The molecule has 10 nitrogen and oxygen atoms in total. The molecule has 10 heteroatoms. The number of carbonyl (C=O) groups excluding carboxylic acids is 2. The SMILES string of the molecule is C[C@@H]([C@H](O)c1ccccc1)N(C)C[C@@H]1C[C@H](c2ccc(CO)cc2)O[C@H](c2ccc(NC(=O)CCCCCCC(=O)Nc3ccccc3N)cc2)O1. The van der Waals surface area contributed by atoms with Crippen LogP contribution in [0.2, 0.25) is 0 Å². The van der Waals surface area contributed by atoms with Crippen LogP contribution in [-0.2, 0) is 25.7 Å². The first-order chi connectivity index (χ1) is 25.2. The average Bonchev–Trinajstić information content (AvgIpc) is 3.17. The van der Waals surface area contributed by atoms with Crippen LogP contribution in [-0.4, -0.2) is 52.7 Å². The third-order valence-corrected chi connectivity index (χ3v) is 9.66. The summed E-state index contributed by atoms with van der Waals surface area (Å²) in [6, 6.07) is 32.0. The van der Waals surface area contributed by atoms with Gasteiger partial charge in [0.1, 0.15) is 0 Å². The number of para-hydroxylation sites is 2. The summed E-state index contributed by atoms with van der Waals surface area (Å²) in [5.41, 5.74) is 11.3. The van der Waals surface area contributed by atoms with Crippen molar-refractivity contribution in [2.24, 2.45) is 0 Å². The summed E-state index contributed by atoms with van der Waals surface area (Å²) < 4.78 is 13.0. The monoisotopic (exact) mass is 708 g/mol. The number of ether oxygens (including phenoxy) is 2. The summed E-state index contributed by atoms with van der Waals surface area (Å²) in [5.74, 6) is -0.122. The van der Waals surface area contributed by atoms with Crippen LogP contribution in [0, 0.1) is 0 Å². The second kappa shape index (κ2) is 19.3. The van der Waals surface area contributed by atoms with E-state index in [1.807, 2.05) is 105 Å². The van der Waals surface area contributed by atoms with Gasteiger partial charge in [0.05, 0.1) is 36.3 Å². The van der Waals surface area contributed by atoms with E-state index in [4.69, 9.17) is 15.2 Å². The molecule has 0 bridgehead atoms. The lowest BCUT2D eigenvalue weighted by Crippen LogP contribution is -2.43. The average molecular weight is 709 g/mol. The second-order valence-corrected chi connectivity index (χ2v) is 13.6. The minimum Gasteiger partial charge on any atom is -0.397 e. The molecule has 1 heterocycles. The molecule has 0 aliphatic carbocycles. The van der Waals surface area contributed by atoms with E-state index in [1.54, 1.807) is 12.1 Å². The van der Waals surface area contributed by atoms with E-state index in [0.29, 0.717) is 42.9 Å². The Bertz CT molecular complexity index is 1700. The van der Waals surface area contributed by atoms with E-state index in [0.717, 1.165) is 47.9 Å². The number of hydrogen-bond acceptors (Lipinski definition) is 8. The number of amides is 2. The molecular weight excluding hydrogens is 656 g/mol. The number of unbranched alkanes of at least 4 members (excludes halogenated alkanes) is 3. The van der Waals surface area contributed by atoms with Gasteiger partial charge in [0.15, 0.2) is 6.29 Å². The number of rotatable bonds is 17. The van der Waals surface area contributed by atoms with Gasteiger partial charge in [-0.3, -0.25) is 14.5 Å². The predicted octanol–water partition coefficient (Wildman–Crippen LogP) is 7.28. The van der Waals surface area contributed by atoms with E-state index >= 15 is 0 Å². The number of hydrogen-bond donors (Lipinski definition) is 5. The van der Waals surface area contributed by atoms with Crippen molar-refractivity contribution in [2.45, 2.75) is 89.1 Å². The zero-order valence-corrected chi connectivity index (χ0v) is 30.1. The summed E-state index contributed by atoms with van der Waals surface area (Å²) in [6.07, 6.45) is 2.91. The van der Waals surface area contributed by atoms with Crippen molar-refractivity contribution in [2.75, 3.05) is 30.0 Å². The highest BCUT2D eigenvalue weighted by molar-refractivity contribution is 5.93. The van der Waals surface area contributed by atoms with Crippen LogP contribution in [0.3, 0.4) is 0 Å². The van der Waals surface area contributed by atoms with Crippen LogP contribution in [0.5, 0.6) is 0 Å². The molecule has 4 aromatic carbocycles. The zero-order chi connectivity index (χ0) is 36.9. The quantitative estimate of drug-likeness (QED) is 0.0569. The molecule has 0 spiro atoms. The number of nitrogens with zero attached hydrogens (tertiary/aromatic N) is 1. The largest absolute Gasteiger partial charge is 0.397 e. The Morgan fingerprint density at radius 3 is 2.08 bits per heavy atom. The predicted molar refractivity (Wildman–Crippen MR) is 204 cm³/mol. The van der Waals surface area contributed by atoms with Crippen LogP contribution < -0.4 is 16.4 Å². The van der Waals surface area contributed by atoms with Crippen LogP contribution in [0.25, 0.3) is 0 Å². The fourth-order valence-electron chi connectivity index (χ4n) is 6.39. The van der Waals surface area contributed by atoms with Gasteiger partial charge >= 0.3 is 0 Å². The van der Waals surface area contributed by atoms with Gasteiger partial charge in [0.2, 0.25) is 11.8 Å². The van der Waals surface area contributed by atoms with Gasteiger partial charge in [0, 0.05) is 43.1 Å². The van der Waals surface area contributed by atoms with E-state index in [-0.39, 0.29) is 36.7 Å². The molecule has 1 aliphatic heterocycles. The van der Waals surface area contributed by atoms with Gasteiger partial charge < -0.3 is 36.1 Å². The Balaban J connectivity index is 1.12. The Morgan fingerprint density at radius 1 is 0.808 bits per heavy atom. The number of anilines is 3. The van der Waals surface area contributed by atoms with E-state index in [9.17, 15) is 19.8 Å². The molecule has 52 heavy (non-hydrogen) atoms. The first kappa shape index (κ1) is 38.6. The standard InChI is InChI=1S/C42H52N4O6/c1-29(41(50)32-12-6-5-7-13-32)46(2)27-35-26-38(31-20-18-30(28-47)19-21-31)52-42(51-35)33-22-24-34(25-23-33)44-39(48)16-8-3-4-9-17-40(49)45-37-15-11-10-14-36(37)43/h5-7,10-15,18-25,29,35,38,41-42,47,50H,3-4,8-9,16-17,26-28,43H2,1-2H3,(H,44,48)(H,45,49)/t29-,35-,38+,41-,42+/m0/s1. The van der Waals surface area contributed by atoms with Crippen LogP contribution in [0.15, 0.2) is 103 Å². The Morgan fingerprint density at radius 2 is 1.42 bits per heavy atom. The second-order valence-electron chi connectivity index (χ2n) is 13.6. The summed E-state index contributed by atoms with van der Waals surface area (Å²) >= 11 is 0. The molecule has 0 saturated carbocycles. The van der Waals surface area contributed by atoms with Crippen molar-refractivity contribution in [3.8, 4) is 0 Å². The minimum atomic E-state index is -0.648. The molecule has 5 rings (SSSR count). The molecule has 0 radical (unpaired) electrons. The van der Waals surface area contributed by atoms with Crippen molar-refractivity contribution < 1.29 is 29.3 Å². The lowest BCUT2D eigenvalue weighted by Gasteiger charge is -2.39. The van der Waals surface area contributed by atoms with Crippen LogP contribution >= 0.6 is 0 Å². The van der Waals surface area contributed by atoms with Gasteiger partial charge in [-0.1, -0.05) is 91.7 Å². The normalized spacial score (nSPS) is 18.4. The van der Waals surface area contributed by atoms with Crippen molar-refractivity contribution in [1.82, 2.24) is 4.90 Å². The molecule has 4 aromatic rings. The maximum Gasteiger partial charge on any atom is 0.224 e. The Labute approximate surface area is 307 Å². The lowest BCUT2D eigenvalue weighted by atomic mass is 9.98. The molecule has 2 amide bonds. The smallest absolute Gasteiger partial charge is 0.224 e. The van der Waals surface area contributed by atoms with Crippen molar-refractivity contribution in [3.63, 3.8) is 0 Å². The number of nitrogens with one attached hydrogen (secondary N) is 2. The zero-order valence-electron chi connectivity index (χ0n) is 30.1. The highest BCUT2D eigenvalue weighted by atomic mass is 16.7. The highest BCUT2D eigenvalue weighted by Gasteiger charge is 2.34. The van der Waals surface area contributed by atoms with Crippen molar-refractivity contribution in [1.29, 1.82) is 0 Å². The lowest BCUT2D eigenvalue weighted by molar-refractivity contribution is -0.253. The minimum absolute atomic E-state index is 0.0261. The third kappa shape index (κ3) is 11.2.